The van der Waals surface area contributed by atoms with Gasteiger partial charge >= 0.3 is 0 Å². The van der Waals surface area contributed by atoms with Crippen LogP contribution in [0.1, 0.15) is 57.4 Å². The van der Waals surface area contributed by atoms with Crippen LogP contribution in [0.3, 0.4) is 0 Å². The minimum atomic E-state index is 1.26. The van der Waals surface area contributed by atoms with Crippen LogP contribution in [-0.4, -0.2) is 19.6 Å². The van der Waals surface area contributed by atoms with Crippen LogP contribution in [-0.2, 0) is 0 Å². The van der Waals surface area contributed by atoms with Gasteiger partial charge in [-0.1, -0.05) is 44.4 Å². The van der Waals surface area contributed by atoms with Crippen molar-refractivity contribution in [2.75, 3.05) is 19.6 Å². The van der Waals surface area contributed by atoms with Crippen molar-refractivity contribution in [2.45, 2.75) is 58.8 Å². The van der Waals surface area contributed by atoms with E-state index in [1.165, 1.54) is 74.6 Å². The first-order valence-corrected chi connectivity index (χ1v) is 8.21. The fourth-order valence-corrected chi connectivity index (χ4v) is 3.64. The first-order chi connectivity index (χ1) is 9.28. The molecule has 1 aliphatic rings. The highest BCUT2D eigenvalue weighted by atomic mass is 15.4. The zero-order valence-electron chi connectivity index (χ0n) is 12.8. The Hall–Kier alpha value is -0.820. The molecule has 0 amide bonds. The maximum absolute atomic E-state index is 2.37. The molecule has 1 heteroatoms. The number of quaternary nitrogens is 1. The molecule has 0 aliphatic carbocycles. The predicted molar refractivity (Wildman–Crippen MR) is 85.6 cm³/mol. The number of para-hydroxylation sites is 1. The summed E-state index contributed by atoms with van der Waals surface area (Å²) < 4.78 is 1.26. The molecule has 1 fully saturated rings. The second-order valence-electron chi connectivity index (χ2n) is 6.22. The van der Waals surface area contributed by atoms with Crippen LogP contribution in [0.25, 0.3) is 0 Å². The molecule has 19 heavy (non-hydrogen) atoms. The molecule has 0 radical (unpaired) electrons. The van der Waals surface area contributed by atoms with Gasteiger partial charge in [0, 0.05) is 18.4 Å². The highest BCUT2D eigenvalue weighted by Crippen LogP contribution is 2.32. The van der Waals surface area contributed by atoms with Crippen molar-refractivity contribution in [3.63, 3.8) is 0 Å². The van der Waals surface area contributed by atoms with Crippen LogP contribution < -0.4 is 4.48 Å². The number of hydrogen-bond acceptors (Lipinski definition) is 0. The molecule has 1 aliphatic heterocycles. The minimum Gasteiger partial charge on any atom is -0.291 e. The molecule has 1 heterocycles. The average molecular weight is 260 g/mol. The van der Waals surface area contributed by atoms with Gasteiger partial charge in [-0.3, -0.25) is 4.48 Å². The van der Waals surface area contributed by atoms with Crippen molar-refractivity contribution in [3.8, 4) is 0 Å². The third-order valence-electron chi connectivity index (χ3n) is 4.74. The fraction of sp³-hybridized carbons (Fsp3) is 0.667. The van der Waals surface area contributed by atoms with E-state index < -0.39 is 0 Å². The normalized spacial score (nSPS) is 17.8. The van der Waals surface area contributed by atoms with Gasteiger partial charge < -0.3 is 0 Å². The molecule has 1 saturated heterocycles. The second-order valence-corrected chi connectivity index (χ2v) is 6.22. The van der Waals surface area contributed by atoms with Gasteiger partial charge in [-0.05, 0) is 25.8 Å². The summed E-state index contributed by atoms with van der Waals surface area (Å²) in [5.74, 6) is 0. The predicted octanol–water partition coefficient (Wildman–Crippen LogP) is 5.07. The molecule has 1 aromatic carbocycles. The first kappa shape index (κ1) is 14.6. The quantitative estimate of drug-likeness (QED) is 0.474. The Morgan fingerprint density at radius 1 is 0.947 bits per heavy atom. The van der Waals surface area contributed by atoms with Crippen molar-refractivity contribution < 1.29 is 0 Å². The molecule has 0 N–H and O–H groups in total. The maximum atomic E-state index is 2.37. The maximum Gasteiger partial charge on any atom is 0.135 e. The van der Waals surface area contributed by atoms with Gasteiger partial charge in [-0.25, -0.2) is 0 Å². The van der Waals surface area contributed by atoms with E-state index in [1.54, 1.807) is 5.69 Å². The van der Waals surface area contributed by atoms with E-state index in [0.717, 1.165) is 0 Å². The van der Waals surface area contributed by atoms with Gasteiger partial charge in [-0.2, -0.15) is 0 Å². The summed E-state index contributed by atoms with van der Waals surface area (Å²) in [5, 5.41) is 0. The zero-order chi connectivity index (χ0) is 13.6. The van der Waals surface area contributed by atoms with Crippen LogP contribution in [0.5, 0.6) is 0 Å². The van der Waals surface area contributed by atoms with E-state index in [-0.39, 0.29) is 0 Å². The van der Waals surface area contributed by atoms with E-state index in [2.05, 4.69) is 38.1 Å². The second kappa shape index (κ2) is 7.09. The molecular formula is C18H30N+. The summed E-state index contributed by atoms with van der Waals surface area (Å²) in [4.78, 5) is 0. The lowest BCUT2D eigenvalue weighted by molar-refractivity contribution is 0.321. The van der Waals surface area contributed by atoms with E-state index >= 15 is 0 Å². The lowest BCUT2D eigenvalue weighted by atomic mass is 10.1. The monoisotopic (exact) mass is 260 g/mol. The lowest BCUT2D eigenvalue weighted by Gasteiger charge is -2.35. The zero-order valence-corrected chi connectivity index (χ0v) is 12.8. The molecule has 1 aromatic rings. The molecule has 106 valence electrons. The van der Waals surface area contributed by atoms with E-state index in [9.17, 15) is 0 Å². The van der Waals surface area contributed by atoms with E-state index in [0.29, 0.717) is 0 Å². The average Bonchev–Trinajstić information content (AvgIpc) is 2.89. The topological polar surface area (TPSA) is 0 Å². The number of rotatable bonds is 7. The highest BCUT2D eigenvalue weighted by Gasteiger charge is 2.34. The molecule has 2 rings (SSSR count). The molecule has 0 aromatic heterocycles. The summed E-state index contributed by atoms with van der Waals surface area (Å²) in [5.41, 5.74) is 3.08. The Bertz CT molecular complexity index is 377. The van der Waals surface area contributed by atoms with Crippen LogP contribution in [0.2, 0.25) is 0 Å². The van der Waals surface area contributed by atoms with E-state index in [1.807, 2.05) is 0 Å². The van der Waals surface area contributed by atoms with Gasteiger partial charge in [0.2, 0.25) is 0 Å². The lowest BCUT2D eigenvalue weighted by Crippen LogP contribution is -2.47. The number of aryl methyl sites for hydroxylation is 1. The van der Waals surface area contributed by atoms with Gasteiger partial charge in [0.25, 0.3) is 0 Å². The summed E-state index contributed by atoms with van der Waals surface area (Å²) >= 11 is 0. The Labute approximate surface area is 119 Å². The molecule has 0 unspecified atom stereocenters. The van der Waals surface area contributed by atoms with E-state index in [4.69, 9.17) is 0 Å². The van der Waals surface area contributed by atoms with Crippen molar-refractivity contribution in [3.05, 3.63) is 29.8 Å². The van der Waals surface area contributed by atoms with Crippen LogP contribution in [0, 0.1) is 6.92 Å². The molecule has 0 bridgehead atoms. The Morgan fingerprint density at radius 3 is 2.32 bits per heavy atom. The fourth-order valence-electron chi connectivity index (χ4n) is 3.64. The Kier molecular flexibility index (Phi) is 5.45. The number of nitrogens with zero attached hydrogens (tertiary/aromatic N) is 1. The number of unbranched alkanes of at least 4 members (excludes halogenated alkanes) is 4. The van der Waals surface area contributed by atoms with Crippen LogP contribution >= 0.6 is 0 Å². The highest BCUT2D eigenvalue weighted by molar-refractivity contribution is 5.50. The van der Waals surface area contributed by atoms with Crippen molar-refractivity contribution in [2.24, 2.45) is 0 Å². The van der Waals surface area contributed by atoms with Crippen molar-refractivity contribution >= 4 is 5.69 Å². The Morgan fingerprint density at radius 2 is 1.63 bits per heavy atom. The van der Waals surface area contributed by atoms with Gasteiger partial charge in [-0.15, -0.1) is 0 Å². The number of hydrogen-bond donors (Lipinski definition) is 0. The van der Waals surface area contributed by atoms with Crippen LogP contribution in [0.4, 0.5) is 5.69 Å². The molecular weight excluding hydrogens is 230 g/mol. The Balaban J connectivity index is 2.00. The van der Waals surface area contributed by atoms with Crippen molar-refractivity contribution in [1.29, 1.82) is 0 Å². The SMILES string of the molecule is CCCCCCC[N+]1(c2ccccc2C)CCCC1. The summed E-state index contributed by atoms with van der Waals surface area (Å²) in [6.45, 7) is 8.65. The number of likely N-dealkylation sites (tertiary alicyclic amines) is 1. The summed E-state index contributed by atoms with van der Waals surface area (Å²) in [6.07, 6.45) is 9.80. The number of benzene rings is 1. The third-order valence-corrected chi connectivity index (χ3v) is 4.74. The molecule has 0 atom stereocenters. The van der Waals surface area contributed by atoms with Gasteiger partial charge in [0.15, 0.2) is 0 Å². The van der Waals surface area contributed by atoms with Crippen LogP contribution in [0.15, 0.2) is 24.3 Å². The minimum absolute atomic E-state index is 1.26. The van der Waals surface area contributed by atoms with Crippen molar-refractivity contribution in [1.82, 2.24) is 4.48 Å². The smallest absolute Gasteiger partial charge is 0.135 e. The molecule has 1 nitrogen and oxygen atoms in total. The summed E-state index contributed by atoms with van der Waals surface area (Å²) in [6, 6.07) is 9.04. The van der Waals surface area contributed by atoms with Gasteiger partial charge in [0.05, 0.1) is 19.6 Å². The molecule has 0 spiro atoms. The summed E-state index contributed by atoms with van der Waals surface area (Å²) in [7, 11) is 0. The largest absolute Gasteiger partial charge is 0.291 e. The third kappa shape index (κ3) is 3.60. The van der Waals surface area contributed by atoms with Gasteiger partial charge in [0.1, 0.15) is 5.69 Å². The molecule has 0 saturated carbocycles. The first-order valence-electron chi connectivity index (χ1n) is 8.21. The standard InChI is InChI=1S/C18H30N/c1-3-4-5-6-9-14-19(15-10-11-16-19)18-13-8-7-12-17(18)2/h7-8,12-13H,3-6,9-11,14-16H2,1-2H3/q+1.